The zero-order valence-corrected chi connectivity index (χ0v) is 9.11. The third-order valence-corrected chi connectivity index (χ3v) is 1.70. The van der Waals surface area contributed by atoms with Crippen LogP contribution in [0.15, 0.2) is 12.7 Å². The van der Waals surface area contributed by atoms with Crippen LogP contribution in [0.3, 0.4) is 0 Å². The lowest BCUT2D eigenvalue weighted by molar-refractivity contribution is 0.884. The second-order valence-electron chi connectivity index (χ2n) is 2.05. The van der Waals surface area contributed by atoms with Crippen LogP contribution in [-0.4, -0.2) is 21.2 Å². The molecule has 0 saturated heterocycles. The molecule has 0 aromatic rings. The molecule has 0 aromatic heterocycles. The highest BCUT2D eigenvalue weighted by molar-refractivity contribution is 6.08. The van der Waals surface area contributed by atoms with Gasteiger partial charge in [-0.2, -0.15) is 0 Å². The van der Waals surface area contributed by atoms with Crippen LogP contribution in [0.25, 0.3) is 0 Å². The van der Waals surface area contributed by atoms with Crippen molar-refractivity contribution in [1.82, 2.24) is 0 Å². The van der Waals surface area contributed by atoms with E-state index in [0.717, 1.165) is 6.42 Å². The topological polar surface area (TPSA) is 0 Å². The molecule has 64 valence electrons. The number of unbranched alkanes of at least 4 members (excludes halogenated alkanes) is 1. The number of hydrogen-bond donors (Lipinski definition) is 0. The van der Waals surface area contributed by atoms with E-state index in [1.807, 2.05) is 6.08 Å². The van der Waals surface area contributed by atoms with Gasteiger partial charge >= 0.3 is 0 Å². The molecule has 0 atom stereocenters. The fourth-order valence-electron chi connectivity index (χ4n) is 0.354. The fraction of sp³-hybridized carbons (Fsp3) is 0.750. The van der Waals surface area contributed by atoms with Gasteiger partial charge in [-0.05, 0) is 17.4 Å². The van der Waals surface area contributed by atoms with Crippen molar-refractivity contribution < 1.29 is 0 Å². The van der Waals surface area contributed by atoms with Crippen LogP contribution in [-0.2, 0) is 0 Å². The smallest absolute Gasteiger partial charge is 0.00279 e. The van der Waals surface area contributed by atoms with Gasteiger partial charge in [0, 0.05) is 10.2 Å². The molecule has 0 bridgehead atoms. The summed E-state index contributed by atoms with van der Waals surface area (Å²) in [6, 6.07) is 1.48. The van der Waals surface area contributed by atoms with Crippen LogP contribution >= 0.6 is 0 Å². The van der Waals surface area contributed by atoms with Gasteiger partial charge in [0.15, 0.2) is 0 Å². The monoisotopic (exact) mass is 176 g/mol. The number of rotatable bonds is 3. The highest BCUT2D eigenvalue weighted by Gasteiger charge is 1.68. The predicted molar refractivity (Wildman–Crippen MR) is 61.5 cm³/mol. The van der Waals surface area contributed by atoms with Crippen molar-refractivity contribution in [3.8, 4) is 0 Å². The van der Waals surface area contributed by atoms with E-state index in [-0.39, 0.29) is 11.0 Å². The minimum Gasteiger partial charge on any atom is -0.103 e. The summed E-state index contributed by atoms with van der Waals surface area (Å²) in [6.07, 6.45) is 5.79. The Morgan fingerprint density at radius 3 is 1.80 bits per heavy atom. The van der Waals surface area contributed by atoms with Gasteiger partial charge in [0.2, 0.25) is 0 Å². The summed E-state index contributed by atoms with van der Waals surface area (Å²) in [4.78, 5) is 0. The Morgan fingerprint density at radius 1 is 1.40 bits per heavy atom. The van der Waals surface area contributed by atoms with Crippen LogP contribution in [0.2, 0.25) is 6.04 Å². The molecule has 2 heteroatoms. The maximum atomic E-state index is 3.48. The summed E-state index contributed by atoms with van der Waals surface area (Å²) in [6.45, 7) is 7.78. The molecule has 0 aliphatic rings. The van der Waals surface area contributed by atoms with Gasteiger partial charge in [-0.25, -0.2) is 0 Å². The number of allylic oxidation sites excluding steroid dienone is 1. The van der Waals surface area contributed by atoms with Gasteiger partial charge in [0.1, 0.15) is 0 Å². The van der Waals surface area contributed by atoms with E-state index in [1.165, 1.54) is 29.1 Å². The van der Waals surface area contributed by atoms with E-state index in [2.05, 4.69) is 20.4 Å². The second kappa shape index (κ2) is 22.9. The van der Waals surface area contributed by atoms with Crippen LogP contribution in [0.1, 0.15) is 33.1 Å². The summed E-state index contributed by atoms with van der Waals surface area (Å²) < 4.78 is 0. The lowest BCUT2D eigenvalue weighted by atomic mass is 10.4. The normalized spacial score (nSPS) is 7.00. The van der Waals surface area contributed by atoms with Crippen molar-refractivity contribution in [3.63, 3.8) is 0 Å². The van der Waals surface area contributed by atoms with Crippen molar-refractivity contribution in [2.45, 2.75) is 39.2 Å². The van der Waals surface area contributed by atoms with Crippen LogP contribution < -0.4 is 0 Å². The molecule has 0 aliphatic carbocycles. The molecule has 0 nitrogen and oxygen atoms in total. The average molecular weight is 176 g/mol. The van der Waals surface area contributed by atoms with E-state index in [1.54, 1.807) is 0 Å². The first-order chi connectivity index (χ1) is 4.33. The van der Waals surface area contributed by atoms with Crippen molar-refractivity contribution in [2.24, 2.45) is 0 Å². The lowest BCUT2D eigenvalue weighted by Crippen LogP contribution is -1.63. The molecule has 0 heterocycles. The Kier molecular flexibility index (Phi) is 38.1. The van der Waals surface area contributed by atoms with Gasteiger partial charge in [-0.15, -0.1) is 6.58 Å². The zero-order valence-electron chi connectivity index (χ0n) is 7.11. The largest absolute Gasteiger partial charge is 0.103 e. The summed E-state index contributed by atoms with van der Waals surface area (Å²) in [5.41, 5.74) is 0. The van der Waals surface area contributed by atoms with E-state index in [4.69, 9.17) is 0 Å². The Bertz CT molecular complexity index is 42.5. The van der Waals surface area contributed by atoms with Crippen molar-refractivity contribution in [2.75, 3.05) is 0 Å². The maximum absolute atomic E-state index is 3.48. The van der Waals surface area contributed by atoms with Gasteiger partial charge in [-0.1, -0.05) is 38.8 Å². The maximum Gasteiger partial charge on any atom is 0.00279 e. The third kappa shape index (κ3) is 41.8. The minimum absolute atomic E-state index is 0. The zero-order chi connectivity index (χ0) is 7.54. The van der Waals surface area contributed by atoms with Crippen molar-refractivity contribution in [3.05, 3.63) is 12.7 Å². The van der Waals surface area contributed by atoms with E-state index < -0.39 is 0 Å². The first kappa shape index (κ1) is 16.6. The molecule has 0 saturated carbocycles. The molecule has 10 heavy (non-hydrogen) atoms. The molecule has 0 fully saturated rings. The molecule has 0 aliphatic heterocycles. The molecule has 0 unspecified atom stereocenters. The summed E-state index contributed by atoms with van der Waals surface area (Å²) in [7, 11) is 1.40. The van der Waals surface area contributed by atoms with Crippen LogP contribution in [0.4, 0.5) is 0 Å². The third-order valence-electron chi connectivity index (χ3n) is 0.996. The summed E-state index contributed by atoms with van der Waals surface area (Å²) in [5, 5.41) is 0. The molecule has 0 aromatic carbocycles. The molecular weight excluding hydrogens is 152 g/mol. The molecule has 0 N–H and O–H groups in total. The highest BCUT2D eigenvalue weighted by Crippen LogP contribution is 1.86. The number of hydrogen-bond acceptors (Lipinski definition) is 0. The van der Waals surface area contributed by atoms with Gasteiger partial charge in [0.05, 0.1) is 0 Å². The summed E-state index contributed by atoms with van der Waals surface area (Å²) in [5.74, 6) is 0. The first-order valence-electron chi connectivity index (χ1n) is 3.94. The molecule has 0 rings (SSSR count). The van der Waals surface area contributed by atoms with Crippen molar-refractivity contribution >= 4 is 21.2 Å². The Balaban J connectivity index is -0.0000000910. The van der Waals surface area contributed by atoms with E-state index in [0.29, 0.717) is 0 Å². The molecular formula is C8H24Si2. The molecule has 0 amide bonds. The van der Waals surface area contributed by atoms with Gasteiger partial charge < -0.3 is 0 Å². The standard InChI is InChI=1S/C4H12Si.C4H8.H4Si/c1-2-3-4-5;1-3-4-2;/h2-4H2,1,5H3;3H,1,4H2,2H3;1H4. The van der Waals surface area contributed by atoms with E-state index in [9.17, 15) is 0 Å². The van der Waals surface area contributed by atoms with Gasteiger partial charge in [-0.3, -0.25) is 0 Å². The molecule has 0 spiro atoms. The fourth-order valence-corrected chi connectivity index (χ4v) is 1.06. The van der Waals surface area contributed by atoms with Crippen molar-refractivity contribution in [1.29, 1.82) is 0 Å². The summed E-state index contributed by atoms with van der Waals surface area (Å²) >= 11 is 0. The molecule has 0 radical (unpaired) electrons. The first-order valence-corrected chi connectivity index (χ1v) is 5.35. The van der Waals surface area contributed by atoms with E-state index >= 15 is 0 Å². The lowest BCUT2D eigenvalue weighted by Gasteiger charge is -1.79. The predicted octanol–water partition coefficient (Wildman–Crippen LogP) is 0.701. The highest BCUT2D eigenvalue weighted by atomic mass is 28.1. The Hall–Kier alpha value is 0.174. The van der Waals surface area contributed by atoms with Crippen LogP contribution in [0.5, 0.6) is 0 Å². The Morgan fingerprint density at radius 2 is 1.80 bits per heavy atom. The van der Waals surface area contributed by atoms with Crippen LogP contribution in [0, 0.1) is 0 Å². The Labute approximate surface area is 73.6 Å². The second-order valence-corrected chi connectivity index (χ2v) is 3.05. The quantitative estimate of drug-likeness (QED) is 0.439. The SMILES string of the molecule is C=CCC.CCCC[SiH3].[SiH4]. The van der Waals surface area contributed by atoms with Gasteiger partial charge in [0.25, 0.3) is 0 Å². The average Bonchev–Trinajstić information content (AvgIpc) is 1.91. The minimum atomic E-state index is 0.